The van der Waals surface area contributed by atoms with Gasteiger partial charge in [0.2, 0.25) is 0 Å². The zero-order chi connectivity index (χ0) is 15.2. The number of nitrogens with two attached hydrogens (primary N) is 1. The first-order valence-corrected chi connectivity index (χ1v) is 8.25. The van der Waals surface area contributed by atoms with Crippen LogP contribution in [-0.2, 0) is 4.74 Å². The number of anilines is 1. The second kappa shape index (κ2) is 7.97. The summed E-state index contributed by atoms with van der Waals surface area (Å²) in [5.74, 6) is 1.09. The number of rotatable bonds is 6. The molecule has 0 bridgehead atoms. The van der Waals surface area contributed by atoms with Gasteiger partial charge in [-0.3, -0.25) is 0 Å². The monoisotopic (exact) mass is 311 g/mol. The summed E-state index contributed by atoms with van der Waals surface area (Å²) in [4.78, 5) is 4.19. The van der Waals surface area contributed by atoms with E-state index in [0.29, 0.717) is 23.4 Å². The van der Waals surface area contributed by atoms with Crippen LogP contribution in [0, 0.1) is 5.92 Å². The summed E-state index contributed by atoms with van der Waals surface area (Å²) in [5.41, 5.74) is 7.00. The molecule has 1 aromatic heterocycles. The fraction of sp³-hybridized carbons (Fsp3) is 0.688. The zero-order valence-corrected chi connectivity index (χ0v) is 13.7. The van der Waals surface area contributed by atoms with Crippen LogP contribution in [0.15, 0.2) is 12.3 Å². The molecule has 1 aliphatic rings. The van der Waals surface area contributed by atoms with E-state index in [1.54, 1.807) is 6.20 Å². The van der Waals surface area contributed by atoms with Crippen molar-refractivity contribution in [3.63, 3.8) is 0 Å². The Balaban J connectivity index is 2.27. The van der Waals surface area contributed by atoms with E-state index in [-0.39, 0.29) is 12.1 Å². The number of hydrogen-bond acceptors (Lipinski definition) is 4. The number of likely N-dealkylation sites (N-methyl/N-ethyl adjacent to an activating group) is 1. The number of ether oxygens (including phenoxy) is 1. The van der Waals surface area contributed by atoms with E-state index in [1.807, 2.05) is 20.0 Å². The third kappa shape index (κ3) is 4.09. The van der Waals surface area contributed by atoms with Crippen molar-refractivity contribution in [1.82, 2.24) is 10.3 Å². The lowest BCUT2D eigenvalue weighted by Gasteiger charge is -2.36. The Morgan fingerprint density at radius 1 is 1.43 bits per heavy atom. The smallest absolute Gasteiger partial charge is 0.128 e. The molecule has 2 unspecified atom stereocenters. The van der Waals surface area contributed by atoms with Gasteiger partial charge in [0.1, 0.15) is 5.82 Å². The van der Waals surface area contributed by atoms with Gasteiger partial charge in [-0.05, 0) is 38.8 Å². The molecule has 1 saturated carbocycles. The molecule has 1 aromatic rings. The predicted molar refractivity (Wildman–Crippen MR) is 87.4 cm³/mol. The summed E-state index contributed by atoms with van der Waals surface area (Å²) in [5, 5.41) is 3.97. The highest BCUT2D eigenvalue weighted by atomic mass is 35.5. The van der Waals surface area contributed by atoms with Crippen LogP contribution < -0.4 is 11.1 Å². The second-order valence-corrected chi connectivity index (χ2v) is 6.15. The Kier molecular flexibility index (Phi) is 6.27. The third-order valence-electron chi connectivity index (χ3n) is 4.36. The van der Waals surface area contributed by atoms with Crippen LogP contribution in [0.25, 0.3) is 0 Å². The van der Waals surface area contributed by atoms with Gasteiger partial charge in [-0.1, -0.05) is 30.9 Å². The number of hydrogen-bond donors (Lipinski definition) is 2. The van der Waals surface area contributed by atoms with Gasteiger partial charge >= 0.3 is 0 Å². The van der Waals surface area contributed by atoms with E-state index in [4.69, 9.17) is 22.1 Å². The fourth-order valence-electron chi connectivity index (χ4n) is 3.37. The van der Waals surface area contributed by atoms with E-state index in [1.165, 1.54) is 32.1 Å². The van der Waals surface area contributed by atoms with E-state index in [2.05, 4.69) is 10.3 Å². The second-order valence-electron chi connectivity index (χ2n) is 5.71. The number of nitrogens with zero attached hydrogens (tertiary/aromatic N) is 1. The van der Waals surface area contributed by atoms with Gasteiger partial charge in [-0.15, -0.1) is 0 Å². The normalized spacial score (nSPS) is 19.4. The number of nitrogens with one attached hydrogen (secondary N) is 1. The Bertz CT molecular complexity index is 449. The summed E-state index contributed by atoms with van der Waals surface area (Å²) in [6.07, 6.45) is 8.04. The molecule has 1 fully saturated rings. The van der Waals surface area contributed by atoms with Crippen LogP contribution in [0.3, 0.4) is 0 Å². The molecule has 1 heterocycles. The van der Waals surface area contributed by atoms with Gasteiger partial charge in [-0.25, -0.2) is 4.98 Å². The lowest BCUT2D eigenvalue weighted by atomic mass is 9.81. The predicted octanol–water partition coefficient (Wildman–Crippen LogP) is 3.56. The lowest BCUT2D eigenvalue weighted by Crippen LogP contribution is -2.39. The molecule has 2 rings (SSSR count). The maximum Gasteiger partial charge on any atom is 0.128 e. The summed E-state index contributed by atoms with van der Waals surface area (Å²) < 4.78 is 6.09. The van der Waals surface area contributed by atoms with Crippen molar-refractivity contribution in [2.75, 3.05) is 19.4 Å². The van der Waals surface area contributed by atoms with Crippen LogP contribution >= 0.6 is 11.6 Å². The van der Waals surface area contributed by atoms with Crippen molar-refractivity contribution in [2.24, 2.45) is 5.92 Å². The molecular formula is C16H26ClN3O. The minimum absolute atomic E-state index is 0.0271. The van der Waals surface area contributed by atoms with Crippen LogP contribution in [0.1, 0.15) is 50.6 Å². The molecular weight excluding hydrogens is 286 g/mol. The highest BCUT2D eigenvalue weighted by Gasteiger charge is 2.32. The van der Waals surface area contributed by atoms with E-state index < -0.39 is 0 Å². The van der Waals surface area contributed by atoms with Crippen LogP contribution in [-0.4, -0.2) is 24.7 Å². The van der Waals surface area contributed by atoms with Gasteiger partial charge in [0, 0.05) is 18.4 Å². The quantitative estimate of drug-likeness (QED) is 0.843. The molecule has 118 valence electrons. The van der Waals surface area contributed by atoms with Crippen molar-refractivity contribution in [3.8, 4) is 0 Å². The Morgan fingerprint density at radius 3 is 2.76 bits per heavy atom. The Labute approximate surface area is 132 Å². The molecule has 0 amide bonds. The number of nitrogen functional groups attached to an aromatic ring is 1. The van der Waals surface area contributed by atoms with Gasteiger partial charge in [0.05, 0.1) is 17.2 Å². The zero-order valence-electron chi connectivity index (χ0n) is 12.9. The minimum atomic E-state index is 0.0271. The molecule has 2 atom stereocenters. The van der Waals surface area contributed by atoms with E-state index in [0.717, 1.165) is 5.56 Å². The number of aromatic nitrogens is 1. The highest BCUT2D eigenvalue weighted by molar-refractivity contribution is 6.30. The summed E-state index contributed by atoms with van der Waals surface area (Å²) in [6, 6.07) is 1.93. The molecule has 0 radical (unpaired) electrons. The largest absolute Gasteiger partial charge is 0.383 e. The van der Waals surface area contributed by atoms with Gasteiger partial charge in [-0.2, -0.15) is 0 Å². The van der Waals surface area contributed by atoms with E-state index >= 15 is 0 Å². The number of pyridine rings is 1. The average Bonchev–Trinajstić information content (AvgIpc) is 2.51. The first-order chi connectivity index (χ1) is 10.2. The standard InChI is InChI=1S/C16H26ClN3O/c1-3-21-15(11-7-5-4-6-8-11)14(19-2)13-9-12(17)10-20-16(13)18/h9-11,14-15,19H,3-8H2,1-2H3,(H2,18,20). The molecule has 4 nitrogen and oxygen atoms in total. The molecule has 3 N–H and O–H groups in total. The number of halogens is 1. The topological polar surface area (TPSA) is 60.2 Å². The Hall–Kier alpha value is -0.840. The highest BCUT2D eigenvalue weighted by Crippen LogP contribution is 2.36. The molecule has 1 aliphatic carbocycles. The summed E-state index contributed by atoms with van der Waals surface area (Å²) in [6.45, 7) is 2.75. The van der Waals surface area contributed by atoms with Crippen molar-refractivity contribution in [3.05, 3.63) is 22.8 Å². The molecule has 0 spiro atoms. The van der Waals surface area contributed by atoms with Crippen molar-refractivity contribution < 1.29 is 4.74 Å². The lowest BCUT2D eigenvalue weighted by molar-refractivity contribution is -0.0166. The SMILES string of the molecule is CCOC(C1CCCCC1)C(NC)c1cc(Cl)cnc1N. The molecule has 0 saturated heterocycles. The van der Waals surface area contributed by atoms with Gasteiger partial charge in [0.25, 0.3) is 0 Å². The summed E-state index contributed by atoms with van der Waals surface area (Å²) >= 11 is 6.10. The molecule has 0 aromatic carbocycles. The van der Waals surface area contributed by atoms with Crippen molar-refractivity contribution in [1.29, 1.82) is 0 Å². The van der Waals surface area contributed by atoms with Gasteiger partial charge < -0.3 is 15.8 Å². The fourth-order valence-corrected chi connectivity index (χ4v) is 3.54. The van der Waals surface area contributed by atoms with Crippen LogP contribution in [0.2, 0.25) is 5.02 Å². The maximum atomic E-state index is 6.10. The maximum absolute atomic E-state index is 6.10. The first-order valence-electron chi connectivity index (χ1n) is 7.87. The molecule has 21 heavy (non-hydrogen) atoms. The Morgan fingerprint density at radius 2 is 2.14 bits per heavy atom. The van der Waals surface area contributed by atoms with Crippen LogP contribution in [0.4, 0.5) is 5.82 Å². The van der Waals surface area contributed by atoms with Gasteiger partial charge in [0.15, 0.2) is 0 Å². The summed E-state index contributed by atoms with van der Waals surface area (Å²) in [7, 11) is 1.94. The molecule has 5 heteroatoms. The van der Waals surface area contributed by atoms with Crippen LogP contribution in [0.5, 0.6) is 0 Å². The minimum Gasteiger partial charge on any atom is -0.383 e. The first kappa shape index (κ1) is 16.5. The van der Waals surface area contributed by atoms with Crippen molar-refractivity contribution >= 4 is 17.4 Å². The van der Waals surface area contributed by atoms with Crippen molar-refractivity contribution in [2.45, 2.75) is 51.2 Å². The van der Waals surface area contributed by atoms with E-state index in [9.17, 15) is 0 Å². The third-order valence-corrected chi connectivity index (χ3v) is 4.57. The average molecular weight is 312 g/mol. The molecule has 0 aliphatic heterocycles.